The van der Waals surface area contributed by atoms with Crippen molar-refractivity contribution in [2.24, 2.45) is 0 Å². The van der Waals surface area contributed by atoms with Gasteiger partial charge in [0, 0.05) is 25.2 Å². The molecule has 0 spiro atoms. The maximum atomic E-state index is 13.8. The SMILES string of the molecule is CN(C)CC(C)(O)CNCc1cccc(C#N)c1F. The van der Waals surface area contributed by atoms with E-state index in [1.54, 1.807) is 19.1 Å². The predicted octanol–water partition coefficient (Wildman–Crippen LogP) is 1.10. The number of likely N-dealkylation sites (N-methyl/N-ethyl adjacent to an activating group) is 1. The van der Waals surface area contributed by atoms with Crippen molar-refractivity contribution in [2.45, 2.75) is 19.1 Å². The fourth-order valence-corrected chi connectivity index (χ4v) is 2.01. The van der Waals surface area contributed by atoms with Gasteiger partial charge in [-0.1, -0.05) is 12.1 Å². The van der Waals surface area contributed by atoms with Gasteiger partial charge in [0.15, 0.2) is 0 Å². The molecule has 1 rings (SSSR count). The highest BCUT2D eigenvalue weighted by molar-refractivity contribution is 5.34. The van der Waals surface area contributed by atoms with Crippen molar-refractivity contribution in [3.05, 3.63) is 35.1 Å². The lowest BCUT2D eigenvalue weighted by Gasteiger charge is -2.27. The van der Waals surface area contributed by atoms with Crippen LogP contribution >= 0.6 is 0 Å². The van der Waals surface area contributed by atoms with E-state index in [2.05, 4.69) is 5.32 Å². The molecule has 0 aliphatic heterocycles. The second-order valence-electron chi connectivity index (χ2n) is 5.23. The van der Waals surface area contributed by atoms with Crippen LogP contribution in [0.25, 0.3) is 0 Å². The fourth-order valence-electron chi connectivity index (χ4n) is 2.01. The van der Waals surface area contributed by atoms with E-state index >= 15 is 0 Å². The molecule has 0 aromatic heterocycles. The van der Waals surface area contributed by atoms with Crippen molar-refractivity contribution >= 4 is 0 Å². The van der Waals surface area contributed by atoms with Crippen LogP contribution < -0.4 is 5.32 Å². The first-order valence-electron chi connectivity index (χ1n) is 6.11. The quantitative estimate of drug-likeness (QED) is 0.808. The van der Waals surface area contributed by atoms with Gasteiger partial charge in [-0.2, -0.15) is 5.26 Å². The van der Waals surface area contributed by atoms with E-state index in [1.165, 1.54) is 6.07 Å². The molecule has 1 aromatic carbocycles. The third-order valence-corrected chi connectivity index (χ3v) is 2.68. The summed E-state index contributed by atoms with van der Waals surface area (Å²) in [7, 11) is 3.76. The zero-order valence-corrected chi connectivity index (χ0v) is 11.6. The van der Waals surface area contributed by atoms with Crippen LogP contribution in [0.5, 0.6) is 0 Å². The normalized spacial score (nSPS) is 14.2. The summed E-state index contributed by atoms with van der Waals surface area (Å²) in [6.45, 7) is 2.87. The van der Waals surface area contributed by atoms with E-state index in [1.807, 2.05) is 25.1 Å². The number of hydrogen-bond acceptors (Lipinski definition) is 4. The van der Waals surface area contributed by atoms with Crippen molar-refractivity contribution in [1.29, 1.82) is 5.26 Å². The topological polar surface area (TPSA) is 59.3 Å². The second kappa shape index (κ2) is 6.62. The highest BCUT2D eigenvalue weighted by Gasteiger charge is 2.20. The molecule has 0 heterocycles. The standard InChI is InChI=1S/C14H20FN3O/c1-14(19,10-18(2)3)9-17-8-12-6-4-5-11(7-16)13(12)15/h4-6,17,19H,8-10H2,1-3H3. The maximum Gasteiger partial charge on any atom is 0.145 e. The summed E-state index contributed by atoms with van der Waals surface area (Å²) in [5.74, 6) is -0.496. The Morgan fingerprint density at radius 3 is 2.74 bits per heavy atom. The lowest BCUT2D eigenvalue weighted by Crippen LogP contribution is -2.45. The number of nitriles is 1. The van der Waals surface area contributed by atoms with Gasteiger partial charge in [0.05, 0.1) is 11.2 Å². The molecular formula is C14H20FN3O. The predicted molar refractivity (Wildman–Crippen MR) is 72.0 cm³/mol. The van der Waals surface area contributed by atoms with Crippen LogP contribution in [0, 0.1) is 17.1 Å². The smallest absolute Gasteiger partial charge is 0.145 e. The van der Waals surface area contributed by atoms with Crippen LogP contribution in [-0.4, -0.2) is 42.8 Å². The highest BCUT2D eigenvalue weighted by atomic mass is 19.1. The first-order valence-corrected chi connectivity index (χ1v) is 6.11. The van der Waals surface area contributed by atoms with Crippen molar-refractivity contribution in [2.75, 3.05) is 27.2 Å². The fraction of sp³-hybridized carbons (Fsp3) is 0.500. The number of nitrogens with one attached hydrogen (secondary N) is 1. The Balaban J connectivity index is 2.57. The molecule has 0 saturated carbocycles. The van der Waals surface area contributed by atoms with Gasteiger partial charge in [0.1, 0.15) is 11.9 Å². The lowest BCUT2D eigenvalue weighted by molar-refractivity contribution is 0.0335. The Labute approximate surface area is 113 Å². The molecule has 0 aliphatic rings. The monoisotopic (exact) mass is 265 g/mol. The summed E-state index contributed by atoms with van der Waals surface area (Å²) in [6, 6.07) is 6.53. The first-order chi connectivity index (χ1) is 8.85. The number of hydrogen-bond donors (Lipinski definition) is 2. The maximum absolute atomic E-state index is 13.8. The van der Waals surface area contributed by atoms with Crippen LogP contribution in [-0.2, 0) is 6.54 Å². The van der Waals surface area contributed by atoms with Gasteiger partial charge < -0.3 is 15.3 Å². The molecule has 19 heavy (non-hydrogen) atoms. The zero-order chi connectivity index (χ0) is 14.5. The Morgan fingerprint density at radius 2 is 2.16 bits per heavy atom. The molecule has 0 amide bonds. The Hall–Kier alpha value is -1.48. The van der Waals surface area contributed by atoms with Gasteiger partial charge in [-0.05, 0) is 27.1 Å². The number of halogens is 1. The molecule has 1 atom stereocenters. The van der Waals surface area contributed by atoms with Crippen molar-refractivity contribution < 1.29 is 9.50 Å². The van der Waals surface area contributed by atoms with Gasteiger partial charge in [0.2, 0.25) is 0 Å². The molecule has 1 aromatic rings. The van der Waals surface area contributed by atoms with E-state index < -0.39 is 11.4 Å². The minimum absolute atomic E-state index is 0.0411. The van der Waals surface area contributed by atoms with Gasteiger partial charge >= 0.3 is 0 Å². The van der Waals surface area contributed by atoms with Crippen molar-refractivity contribution in [3.8, 4) is 6.07 Å². The molecule has 4 nitrogen and oxygen atoms in total. The van der Waals surface area contributed by atoms with Gasteiger partial charge in [-0.15, -0.1) is 0 Å². The van der Waals surface area contributed by atoms with Crippen molar-refractivity contribution in [3.63, 3.8) is 0 Å². The van der Waals surface area contributed by atoms with E-state index in [0.717, 1.165) is 0 Å². The third-order valence-electron chi connectivity index (χ3n) is 2.68. The molecule has 0 fully saturated rings. The van der Waals surface area contributed by atoms with Crippen LogP contribution in [0.3, 0.4) is 0 Å². The largest absolute Gasteiger partial charge is 0.388 e. The number of aliphatic hydroxyl groups is 1. The summed E-state index contributed by atoms with van der Waals surface area (Å²) >= 11 is 0. The number of benzene rings is 1. The van der Waals surface area contributed by atoms with Gasteiger partial charge in [-0.3, -0.25) is 0 Å². The molecule has 2 N–H and O–H groups in total. The molecule has 0 aliphatic carbocycles. The first kappa shape index (κ1) is 15.6. The van der Waals surface area contributed by atoms with E-state index in [-0.39, 0.29) is 12.1 Å². The van der Waals surface area contributed by atoms with Crippen LogP contribution in [0.2, 0.25) is 0 Å². The average molecular weight is 265 g/mol. The summed E-state index contributed by atoms with van der Waals surface area (Å²) in [5.41, 5.74) is -0.411. The Bertz CT molecular complexity index is 466. The third kappa shape index (κ3) is 4.95. The van der Waals surface area contributed by atoms with Crippen LogP contribution in [0.1, 0.15) is 18.1 Å². The summed E-state index contributed by atoms with van der Waals surface area (Å²) < 4.78 is 13.8. The average Bonchev–Trinajstić information content (AvgIpc) is 2.29. The minimum Gasteiger partial charge on any atom is -0.388 e. The van der Waals surface area contributed by atoms with Crippen LogP contribution in [0.15, 0.2) is 18.2 Å². The molecule has 0 bridgehead atoms. The van der Waals surface area contributed by atoms with Crippen molar-refractivity contribution in [1.82, 2.24) is 10.2 Å². The summed E-state index contributed by atoms with van der Waals surface area (Å²) in [5, 5.41) is 21.8. The van der Waals surface area contributed by atoms with Gasteiger partial charge in [0.25, 0.3) is 0 Å². The number of rotatable bonds is 6. The van der Waals surface area contributed by atoms with Crippen LogP contribution in [0.4, 0.5) is 4.39 Å². The van der Waals surface area contributed by atoms with E-state index in [0.29, 0.717) is 18.7 Å². The lowest BCUT2D eigenvalue weighted by atomic mass is 10.1. The molecule has 5 heteroatoms. The molecular weight excluding hydrogens is 245 g/mol. The number of nitrogens with zero attached hydrogens (tertiary/aromatic N) is 2. The molecule has 104 valence electrons. The van der Waals surface area contributed by atoms with E-state index in [9.17, 15) is 9.50 Å². The molecule has 0 saturated heterocycles. The highest BCUT2D eigenvalue weighted by Crippen LogP contribution is 2.12. The summed E-state index contributed by atoms with van der Waals surface area (Å²) in [6.07, 6.45) is 0. The zero-order valence-electron chi connectivity index (χ0n) is 11.6. The van der Waals surface area contributed by atoms with E-state index in [4.69, 9.17) is 5.26 Å². The Kier molecular flexibility index (Phi) is 5.43. The van der Waals surface area contributed by atoms with Gasteiger partial charge in [-0.25, -0.2) is 4.39 Å². The molecule has 1 unspecified atom stereocenters. The Morgan fingerprint density at radius 1 is 1.47 bits per heavy atom. The summed E-state index contributed by atoms with van der Waals surface area (Å²) in [4.78, 5) is 1.89. The second-order valence-corrected chi connectivity index (χ2v) is 5.23. The molecule has 0 radical (unpaired) electrons. The minimum atomic E-state index is -0.882.